The molecule has 4 rings (SSSR count). The summed E-state index contributed by atoms with van der Waals surface area (Å²) >= 11 is 0. The predicted molar refractivity (Wildman–Crippen MR) is 152 cm³/mol. The molecular formula is C30H38N4O8. The molecule has 42 heavy (non-hydrogen) atoms. The lowest BCUT2D eigenvalue weighted by Crippen LogP contribution is -2.57. The van der Waals surface area contributed by atoms with Crippen molar-refractivity contribution in [1.82, 2.24) is 20.9 Å². The first-order valence-corrected chi connectivity index (χ1v) is 14.0. The number of hydrogen-bond acceptors (Lipinski definition) is 9. The SMILES string of the molecule is CC(NC(=O)CN1CCOCC1)C(=O)NC(Cc1ccc(O)c(O)c1)C(=O)NC(Cc1ccccc1)C(=O)C1(C)CO1. The van der Waals surface area contributed by atoms with Crippen LogP contribution in [-0.4, -0.2) is 102 Å². The van der Waals surface area contributed by atoms with E-state index in [1.165, 1.54) is 25.1 Å². The lowest BCUT2D eigenvalue weighted by Gasteiger charge is -2.27. The zero-order valence-corrected chi connectivity index (χ0v) is 23.8. The number of ether oxygens (including phenoxy) is 2. The number of morpholine rings is 1. The molecule has 0 aliphatic carbocycles. The van der Waals surface area contributed by atoms with Gasteiger partial charge in [0, 0.05) is 19.5 Å². The number of rotatable bonds is 13. The van der Waals surface area contributed by atoms with Gasteiger partial charge in [-0.15, -0.1) is 0 Å². The molecule has 0 saturated carbocycles. The number of hydrogen-bond donors (Lipinski definition) is 5. The highest BCUT2D eigenvalue weighted by Gasteiger charge is 2.50. The Bertz CT molecular complexity index is 1280. The van der Waals surface area contributed by atoms with Crippen molar-refractivity contribution in [3.8, 4) is 11.5 Å². The van der Waals surface area contributed by atoms with Crippen molar-refractivity contribution < 1.29 is 38.9 Å². The van der Waals surface area contributed by atoms with E-state index >= 15 is 0 Å². The maximum absolute atomic E-state index is 13.7. The minimum atomic E-state index is -1.17. The van der Waals surface area contributed by atoms with E-state index in [4.69, 9.17) is 9.47 Å². The van der Waals surface area contributed by atoms with Crippen LogP contribution in [-0.2, 0) is 41.5 Å². The molecule has 2 saturated heterocycles. The average molecular weight is 583 g/mol. The molecule has 4 unspecified atom stereocenters. The summed E-state index contributed by atoms with van der Waals surface area (Å²) in [5.41, 5.74) is 0.298. The molecule has 0 aromatic heterocycles. The van der Waals surface area contributed by atoms with Crippen LogP contribution in [0.1, 0.15) is 25.0 Å². The standard InChI is InChI=1S/C30H38N4O8/c1-19(31-26(37)17-34-10-12-41-13-11-34)28(39)33-23(15-21-8-9-24(35)25(36)16-21)29(40)32-22(27(38)30(2)18-42-30)14-20-6-4-3-5-7-20/h3-9,16,19,22-23,35-36H,10-15,17-18H2,1-2H3,(H,31,37)(H,32,40)(H,33,39). The molecule has 2 aromatic carbocycles. The summed E-state index contributed by atoms with van der Waals surface area (Å²) in [5.74, 6) is -2.55. The average Bonchev–Trinajstić information content (AvgIpc) is 3.73. The molecule has 4 atom stereocenters. The molecule has 12 heteroatoms. The van der Waals surface area contributed by atoms with Crippen molar-refractivity contribution in [1.29, 1.82) is 0 Å². The van der Waals surface area contributed by atoms with Crippen molar-refractivity contribution >= 4 is 23.5 Å². The molecule has 2 aromatic rings. The highest BCUT2D eigenvalue weighted by atomic mass is 16.6. The number of ketones is 1. The normalized spacial score (nSPS) is 20.5. The van der Waals surface area contributed by atoms with E-state index in [0.717, 1.165) is 5.56 Å². The van der Waals surface area contributed by atoms with Gasteiger partial charge in [0.25, 0.3) is 0 Å². The zero-order valence-electron chi connectivity index (χ0n) is 23.8. The summed E-state index contributed by atoms with van der Waals surface area (Å²) in [6.45, 7) is 5.84. The predicted octanol–water partition coefficient (Wildman–Crippen LogP) is 0.0475. The second kappa shape index (κ2) is 13.8. The number of epoxide rings is 1. The molecule has 0 spiro atoms. The minimum Gasteiger partial charge on any atom is -0.504 e. The van der Waals surface area contributed by atoms with Gasteiger partial charge < -0.3 is 35.6 Å². The van der Waals surface area contributed by atoms with E-state index in [1.807, 2.05) is 35.2 Å². The second-order valence-corrected chi connectivity index (χ2v) is 10.9. The van der Waals surface area contributed by atoms with Crippen LogP contribution >= 0.6 is 0 Å². The van der Waals surface area contributed by atoms with E-state index in [-0.39, 0.29) is 49.2 Å². The lowest BCUT2D eigenvalue weighted by atomic mass is 9.94. The molecule has 2 aliphatic rings. The van der Waals surface area contributed by atoms with Gasteiger partial charge >= 0.3 is 0 Å². The summed E-state index contributed by atoms with van der Waals surface area (Å²) in [7, 11) is 0. The fourth-order valence-corrected chi connectivity index (χ4v) is 4.70. The van der Waals surface area contributed by atoms with Gasteiger partial charge in [-0.25, -0.2) is 0 Å². The van der Waals surface area contributed by atoms with Crippen LogP contribution in [0, 0.1) is 0 Å². The number of carbonyl (C=O) groups is 4. The van der Waals surface area contributed by atoms with Gasteiger partial charge in [-0.3, -0.25) is 24.1 Å². The smallest absolute Gasteiger partial charge is 0.243 e. The molecule has 0 bridgehead atoms. The first-order chi connectivity index (χ1) is 20.0. The Morgan fingerprint density at radius 1 is 0.881 bits per heavy atom. The maximum atomic E-state index is 13.7. The van der Waals surface area contributed by atoms with E-state index in [2.05, 4.69) is 16.0 Å². The fraction of sp³-hybridized carbons (Fsp3) is 0.467. The van der Waals surface area contributed by atoms with E-state index in [1.54, 1.807) is 6.92 Å². The first-order valence-electron chi connectivity index (χ1n) is 14.0. The molecule has 2 aliphatic heterocycles. The molecule has 3 amide bonds. The second-order valence-electron chi connectivity index (χ2n) is 10.9. The summed E-state index contributed by atoms with van der Waals surface area (Å²) in [6, 6.07) is 10.3. The monoisotopic (exact) mass is 582 g/mol. The number of Topliss-reactive ketones (excluding diaryl/α,β-unsaturated/α-hetero) is 1. The van der Waals surface area contributed by atoms with Crippen LogP contribution < -0.4 is 16.0 Å². The fourth-order valence-electron chi connectivity index (χ4n) is 4.70. The van der Waals surface area contributed by atoms with E-state index in [9.17, 15) is 29.4 Å². The summed E-state index contributed by atoms with van der Waals surface area (Å²) in [5, 5.41) is 27.8. The minimum absolute atomic E-state index is 0.0557. The summed E-state index contributed by atoms with van der Waals surface area (Å²) in [6.07, 6.45) is 0.166. The van der Waals surface area contributed by atoms with Gasteiger partial charge in [-0.2, -0.15) is 0 Å². The topological polar surface area (TPSA) is 170 Å². The van der Waals surface area contributed by atoms with Crippen molar-refractivity contribution in [3.63, 3.8) is 0 Å². The van der Waals surface area contributed by atoms with Gasteiger partial charge in [0.05, 0.1) is 32.4 Å². The van der Waals surface area contributed by atoms with E-state index in [0.29, 0.717) is 31.9 Å². The molecule has 0 radical (unpaired) electrons. The molecule has 2 fully saturated rings. The Labute approximate surface area is 244 Å². The highest BCUT2D eigenvalue weighted by Crippen LogP contribution is 2.29. The molecule has 12 nitrogen and oxygen atoms in total. The number of aromatic hydroxyl groups is 2. The number of nitrogens with zero attached hydrogens (tertiary/aromatic N) is 1. The third-order valence-electron chi connectivity index (χ3n) is 7.37. The number of amides is 3. The van der Waals surface area contributed by atoms with Gasteiger partial charge in [0.15, 0.2) is 17.3 Å². The molecule has 226 valence electrons. The van der Waals surface area contributed by atoms with Gasteiger partial charge in [-0.05, 0) is 43.5 Å². The van der Waals surface area contributed by atoms with Gasteiger partial charge in [0.1, 0.15) is 17.7 Å². The quantitative estimate of drug-likeness (QED) is 0.162. The van der Waals surface area contributed by atoms with Crippen LogP contribution in [0.3, 0.4) is 0 Å². The van der Waals surface area contributed by atoms with Crippen molar-refractivity contribution in [2.24, 2.45) is 0 Å². The molecule has 5 N–H and O–H groups in total. The number of carbonyl (C=O) groups excluding carboxylic acids is 4. The number of benzene rings is 2. The Hall–Kier alpha value is -4.00. The first kappa shape index (κ1) is 30.9. The van der Waals surface area contributed by atoms with Gasteiger partial charge in [-0.1, -0.05) is 36.4 Å². The van der Waals surface area contributed by atoms with Crippen LogP contribution in [0.2, 0.25) is 0 Å². The largest absolute Gasteiger partial charge is 0.504 e. The van der Waals surface area contributed by atoms with Crippen LogP contribution in [0.4, 0.5) is 0 Å². The highest BCUT2D eigenvalue weighted by molar-refractivity contribution is 5.98. The van der Waals surface area contributed by atoms with Crippen molar-refractivity contribution in [2.75, 3.05) is 39.5 Å². The Balaban J connectivity index is 1.47. The maximum Gasteiger partial charge on any atom is 0.243 e. The summed E-state index contributed by atoms with van der Waals surface area (Å²) in [4.78, 5) is 54.6. The Kier molecular flexibility index (Phi) is 10.2. The third kappa shape index (κ3) is 8.51. The summed E-state index contributed by atoms with van der Waals surface area (Å²) < 4.78 is 10.6. The van der Waals surface area contributed by atoms with Crippen LogP contribution in [0.15, 0.2) is 48.5 Å². The molecule has 2 heterocycles. The lowest BCUT2D eigenvalue weighted by molar-refractivity contribution is -0.134. The van der Waals surface area contributed by atoms with Crippen molar-refractivity contribution in [2.45, 2.75) is 50.4 Å². The number of phenolic OH excluding ortho intramolecular Hbond substituents is 2. The van der Waals surface area contributed by atoms with Crippen LogP contribution in [0.5, 0.6) is 11.5 Å². The van der Waals surface area contributed by atoms with Crippen LogP contribution in [0.25, 0.3) is 0 Å². The Morgan fingerprint density at radius 2 is 1.52 bits per heavy atom. The zero-order chi connectivity index (χ0) is 30.3. The van der Waals surface area contributed by atoms with Gasteiger partial charge in [0.2, 0.25) is 17.7 Å². The van der Waals surface area contributed by atoms with E-state index < -0.39 is 35.5 Å². The molecular weight excluding hydrogens is 544 g/mol. The Morgan fingerprint density at radius 3 is 2.17 bits per heavy atom. The van der Waals surface area contributed by atoms with Crippen molar-refractivity contribution in [3.05, 3.63) is 59.7 Å². The third-order valence-corrected chi connectivity index (χ3v) is 7.37. The number of phenols is 2. The number of nitrogens with one attached hydrogen (secondary N) is 3.